The number of rotatable bonds is 5. The van der Waals surface area contributed by atoms with Gasteiger partial charge in [0.1, 0.15) is 36.0 Å². The van der Waals surface area contributed by atoms with Gasteiger partial charge >= 0.3 is 0 Å². The normalized spacial score (nSPS) is 9.45. The molecule has 0 aliphatic carbocycles. The summed E-state index contributed by atoms with van der Waals surface area (Å²) >= 11 is 0. The number of methoxy groups -OCH3 is 1. The van der Waals surface area contributed by atoms with Crippen LogP contribution in [-0.4, -0.2) is 17.9 Å². The first-order chi connectivity index (χ1) is 10.7. The summed E-state index contributed by atoms with van der Waals surface area (Å²) in [5, 5.41) is 30.2. The van der Waals surface area contributed by atoms with Crippen LogP contribution in [0.1, 0.15) is 5.76 Å². The number of furan rings is 1. The number of benzene rings is 1. The van der Waals surface area contributed by atoms with E-state index in [1.807, 2.05) is 0 Å². The van der Waals surface area contributed by atoms with Crippen LogP contribution in [0, 0.1) is 22.7 Å². The number of nitrogens with one attached hydrogen (secondary N) is 1. The van der Waals surface area contributed by atoms with Crippen molar-refractivity contribution in [1.29, 1.82) is 10.5 Å². The zero-order valence-electron chi connectivity index (χ0n) is 11.7. The van der Waals surface area contributed by atoms with Gasteiger partial charge in [-0.05, 0) is 24.3 Å². The molecule has 0 bridgehead atoms. The number of hydrogen-bond donors (Lipinski definition) is 2. The number of hydrazone groups is 1. The minimum absolute atomic E-state index is 0.204. The Morgan fingerprint density at radius 1 is 1.32 bits per heavy atom. The highest BCUT2D eigenvalue weighted by molar-refractivity contribution is 6.10. The smallest absolute Gasteiger partial charge is 0.237 e. The fourth-order valence-corrected chi connectivity index (χ4v) is 1.76. The van der Waals surface area contributed by atoms with Crippen LogP contribution in [0.4, 0.5) is 5.69 Å². The molecule has 2 N–H and O–H groups in total. The van der Waals surface area contributed by atoms with Crippen molar-refractivity contribution in [1.82, 2.24) is 0 Å². The second kappa shape index (κ2) is 6.93. The summed E-state index contributed by atoms with van der Waals surface area (Å²) < 4.78 is 10.6. The Balaban J connectivity index is 2.43. The highest BCUT2D eigenvalue weighted by Crippen LogP contribution is 2.32. The van der Waals surface area contributed by atoms with E-state index in [1.165, 1.54) is 7.11 Å². The molecule has 0 spiro atoms. The van der Waals surface area contributed by atoms with Gasteiger partial charge in [0, 0.05) is 11.6 Å². The number of hydrogen-bond acceptors (Lipinski definition) is 7. The lowest BCUT2D eigenvalue weighted by Crippen LogP contribution is -1.98. The molecule has 0 unspecified atom stereocenters. The fourth-order valence-electron chi connectivity index (χ4n) is 1.76. The summed E-state index contributed by atoms with van der Waals surface area (Å²) in [6.07, 6.45) is 0. The summed E-state index contributed by atoms with van der Waals surface area (Å²) in [6, 6.07) is 11.8. The van der Waals surface area contributed by atoms with Crippen molar-refractivity contribution >= 4 is 11.4 Å². The molecule has 0 saturated carbocycles. The van der Waals surface area contributed by atoms with E-state index in [0.717, 1.165) is 0 Å². The number of anilines is 1. The van der Waals surface area contributed by atoms with Crippen LogP contribution < -0.4 is 10.2 Å². The van der Waals surface area contributed by atoms with Crippen molar-refractivity contribution in [3.8, 4) is 29.2 Å². The molecule has 22 heavy (non-hydrogen) atoms. The third-order valence-electron chi connectivity index (χ3n) is 2.81. The highest BCUT2D eigenvalue weighted by Gasteiger charge is 2.11. The lowest BCUT2D eigenvalue weighted by atomic mass is 10.1. The molecule has 1 aromatic heterocycles. The largest absolute Gasteiger partial charge is 0.497 e. The summed E-state index contributed by atoms with van der Waals surface area (Å²) in [4.78, 5) is 0. The maximum Gasteiger partial charge on any atom is 0.237 e. The molecule has 0 amide bonds. The van der Waals surface area contributed by atoms with Crippen LogP contribution >= 0.6 is 0 Å². The van der Waals surface area contributed by atoms with E-state index in [0.29, 0.717) is 28.5 Å². The number of aliphatic hydroxyl groups excluding tert-OH is 1. The van der Waals surface area contributed by atoms with Gasteiger partial charge in [0.25, 0.3) is 0 Å². The van der Waals surface area contributed by atoms with Crippen molar-refractivity contribution in [3.63, 3.8) is 0 Å². The first-order valence-corrected chi connectivity index (χ1v) is 6.23. The molecule has 7 heteroatoms. The van der Waals surface area contributed by atoms with E-state index in [-0.39, 0.29) is 12.3 Å². The van der Waals surface area contributed by atoms with Gasteiger partial charge in [-0.1, -0.05) is 0 Å². The van der Waals surface area contributed by atoms with Crippen molar-refractivity contribution < 1.29 is 14.3 Å². The van der Waals surface area contributed by atoms with E-state index in [4.69, 9.17) is 24.8 Å². The van der Waals surface area contributed by atoms with E-state index >= 15 is 0 Å². The third-order valence-corrected chi connectivity index (χ3v) is 2.81. The molecule has 110 valence electrons. The van der Waals surface area contributed by atoms with Gasteiger partial charge in [0.05, 0.1) is 12.8 Å². The maximum absolute atomic E-state index is 9.07. The maximum atomic E-state index is 9.07. The fraction of sp³-hybridized carbons (Fsp3) is 0.133. The van der Waals surface area contributed by atoms with E-state index in [1.54, 1.807) is 42.5 Å². The zero-order valence-corrected chi connectivity index (χ0v) is 11.7. The molecule has 2 rings (SSSR count). The van der Waals surface area contributed by atoms with Crippen LogP contribution in [-0.2, 0) is 6.61 Å². The highest BCUT2D eigenvalue weighted by atomic mass is 16.5. The first-order valence-electron chi connectivity index (χ1n) is 6.23. The summed E-state index contributed by atoms with van der Waals surface area (Å²) in [7, 11) is 1.52. The predicted molar refractivity (Wildman–Crippen MR) is 78.9 cm³/mol. The lowest BCUT2D eigenvalue weighted by molar-refractivity contribution is 0.248. The van der Waals surface area contributed by atoms with Crippen LogP contribution in [0.25, 0.3) is 11.3 Å². The Labute approximate surface area is 126 Å². The third kappa shape index (κ3) is 3.23. The van der Waals surface area contributed by atoms with Gasteiger partial charge in [-0.25, -0.2) is 0 Å². The topological polar surface area (TPSA) is 115 Å². The van der Waals surface area contributed by atoms with Gasteiger partial charge in [0.2, 0.25) is 5.71 Å². The first kappa shape index (κ1) is 15.1. The Morgan fingerprint density at radius 3 is 2.68 bits per heavy atom. The van der Waals surface area contributed by atoms with Gasteiger partial charge in [0.15, 0.2) is 0 Å². The molecular weight excluding hydrogens is 284 g/mol. The van der Waals surface area contributed by atoms with Crippen molar-refractivity contribution in [2.75, 3.05) is 12.5 Å². The summed E-state index contributed by atoms with van der Waals surface area (Å²) in [6.45, 7) is -0.204. The predicted octanol–water partition coefficient (Wildman–Crippen LogP) is 2.26. The minimum atomic E-state index is -0.302. The quantitative estimate of drug-likeness (QED) is 0.646. The van der Waals surface area contributed by atoms with Crippen LogP contribution in [0.3, 0.4) is 0 Å². The molecule has 0 aliphatic heterocycles. The lowest BCUT2D eigenvalue weighted by Gasteiger charge is -2.09. The number of nitriles is 2. The average Bonchev–Trinajstić information content (AvgIpc) is 3.04. The molecule has 0 fully saturated rings. The van der Waals surface area contributed by atoms with Crippen molar-refractivity contribution in [3.05, 3.63) is 36.1 Å². The van der Waals surface area contributed by atoms with Gasteiger partial charge < -0.3 is 14.3 Å². The van der Waals surface area contributed by atoms with Crippen LogP contribution in [0.2, 0.25) is 0 Å². The molecule has 0 saturated heterocycles. The van der Waals surface area contributed by atoms with Crippen molar-refractivity contribution in [2.45, 2.75) is 6.61 Å². The van der Waals surface area contributed by atoms with Crippen molar-refractivity contribution in [2.24, 2.45) is 5.10 Å². The summed E-state index contributed by atoms with van der Waals surface area (Å²) in [5.41, 5.74) is 3.51. The summed E-state index contributed by atoms with van der Waals surface area (Å²) in [5.74, 6) is 1.51. The molecule has 1 aromatic carbocycles. The number of nitrogens with zero attached hydrogens (tertiary/aromatic N) is 3. The van der Waals surface area contributed by atoms with Gasteiger partial charge in [-0.15, -0.1) is 0 Å². The second-order valence-corrected chi connectivity index (χ2v) is 4.13. The Morgan fingerprint density at radius 2 is 2.09 bits per heavy atom. The Hall–Kier alpha value is -3.29. The van der Waals surface area contributed by atoms with Crippen LogP contribution in [0.5, 0.6) is 5.75 Å². The number of aliphatic hydroxyl groups is 1. The van der Waals surface area contributed by atoms with E-state index < -0.39 is 0 Å². The Bertz CT molecular complexity index is 765. The molecule has 0 radical (unpaired) electrons. The van der Waals surface area contributed by atoms with E-state index in [9.17, 15) is 0 Å². The Kier molecular flexibility index (Phi) is 4.76. The standard InChI is InChI=1S/C15H12N4O3/c1-21-11-2-4-13(15-5-3-12(9-20)22-15)14(6-11)19-18-10(7-16)8-17/h2-6,19-20H,9H2,1H3. The molecule has 2 aromatic rings. The minimum Gasteiger partial charge on any atom is -0.497 e. The monoisotopic (exact) mass is 296 g/mol. The van der Waals surface area contributed by atoms with Gasteiger partial charge in [-0.2, -0.15) is 15.6 Å². The van der Waals surface area contributed by atoms with Gasteiger partial charge in [-0.3, -0.25) is 5.43 Å². The average molecular weight is 296 g/mol. The molecular formula is C15H12N4O3. The van der Waals surface area contributed by atoms with E-state index in [2.05, 4.69) is 10.5 Å². The molecule has 1 heterocycles. The SMILES string of the molecule is COc1ccc(-c2ccc(CO)o2)c(NN=C(C#N)C#N)c1. The second-order valence-electron chi connectivity index (χ2n) is 4.13. The molecule has 0 aliphatic rings. The van der Waals surface area contributed by atoms with Crippen LogP contribution in [0.15, 0.2) is 39.9 Å². The molecule has 7 nitrogen and oxygen atoms in total. The molecule has 0 atom stereocenters. The number of ether oxygens (including phenoxy) is 1. The zero-order chi connectivity index (χ0) is 15.9.